The number of likely N-dealkylation sites (tertiary alicyclic amines) is 1. The summed E-state index contributed by atoms with van der Waals surface area (Å²) in [7, 11) is 0. The lowest BCUT2D eigenvalue weighted by atomic mass is 9.90. The van der Waals surface area contributed by atoms with E-state index in [9.17, 15) is 9.59 Å². The number of amides is 1. The fourth-order valence-corrected chi connectivity index (χ4v) is 5.12. The number of hydrogen-bond donors (Lipinski definition) is 0. The highest BCUT2D eigenvalue weighted by Gasteiger charge is 2.25. The van der Waals surface area contributed by atoms with Gasteiger partial charge in [-0.2, -0.15) is 0 Å². The van der Waals surface area contributed by atoms with Crippen molar-refractivity contribution in [2.75, 3.05) is 19.7 Å². The number of aromatic nitrogens is 2. The van der Waals surface area contributed by atoms with Gasteiger partial charge in [0, 0.05) is 13.1 Å². The molecule has 0 unspecified atom stereocenters. The number of nitrogens with zero attached hydrogens (tertiary/aromatic N) is 3. The van der Waals surface area contributed by atoms with Gasteiger partial charge in [-0.05, 0) is 55.2 Å². The highest BCUT2D eigenvalue weighted by Crippen LogP contribution is 2.30. The zero-order chi connectivity index (χ0) is 23.5. The fourth-order valence-electron chi connectivity index (χ4n) is 4.44. The Morgan fingerprint density at radius 2 is 1.94 bits per heavy atom. The van der Waals surface area contributed by atoms with Gasteiger partial charge >= 0.3 is 5.97 Å². The van der Waals surface area contributed by atoms with E-state index in [4.69, 9.17) is 9.26 Å². The number of fused-ring (bicyclic) bond motifs is 1. The molecule has 5 rings (SSSR count). The van der Waals surface area contributed by atoms with E-state index in [2.05, 4.69) is 34.4 Å². The van der Waals surface area contributed by atoms with Gasteiger partial charge in [-0.1, -0.05) is 41.6 Å². The molecule has 1 saturated heterocycles. The first-order valence-electron chi connectivity index (χ1n) is 11.4. The second-order valence-electron chi connectivity index (χ2n) is 8.57. The lowest BCUT2D eigenvalue weighted by Gasteiger charge is -2.32. The maximum absolute atomic E-state index is 13.0. The van der Waals surface area contributed by atoms with Gasteiger partial charge in [0.15, 0.2) is 6.61 Å². The molecule has 0 spiro atoms. The van der Waals surface area contributed by atoms with E-state index in [1.54, 1.807) is 17.9 Å². The van der Waals surface area contributed by atoms with Crippen LogP contribution in [0.5, 0.6) is 0 Å². The lowest BCUT2D eigenvalue weighted by Crippen LogP contribution is -2.41. The van der Waals surface area contributed by atoms with Crippen molar-refractivity contribution in [1.29, 1.82) is 0 Å². The first-order valence-corrected chi connectivity index (χ1v) is 12.3. The maximum atomic E-state index is 13.0. The summed E-state index contributed by atoms with van der Waals surface area (Å²) in [6.45, 7) is 2.83. The van der Waals surface area contributed by atoms with Gasteiger partial charge < -0.3 is 14.2 Å². The van der Waals surface area contributed by atoms with Crippen LogP contribution in [0.1, 0.15) is 34.5 Å². The van der Waals surface area contributed by atoms with Crippen LogP contribution >= 0.6 is 11.3 Å². The zero-order valence-electron chi connectivity index (χ0n) is 18.9. The number of pyridine rings is 1. The standard InChI is InChI=1S/C26H25N3O4S/c1-17-24-20(15-21(22-8-5-13-34-22)27-25(24)33-28-17)26(31)32-16-23(30)29-11-9-19(10-12-29)14-18-6-3-2-4-7-18/h2-8,13,15,19H,9-12,14,16H2,1H3. The van der Waals surface area contributed by atoms with E-state index >= 15 is 0 Å². The van der Waals surface area contributed by atoms with Crippen LogP contribution in [-0.2, 0) is 16.0 Å². The predicted octanol–water partition coefficient (Wildman–Crippen LogP) is 4.90. The quantitative estimate of drug-likeness (QED) is 0.369. The Labute approximate surface area is 201 Å². The summed E-state index contributed by atoms with van der Waals surface area (Å²) in [5.41, 5.74) is 3.08. The minimum atomic E-state index is -0.580. The molecule has 0 saturated carbocycles. The number of esters is 1. The lowest BCUT2D eigenvalue weighted by molar-refractivity contribution is -0.135. The van der Waals surface area contributed by atoms with Crippen LogP contribution in [0.2, 0.25) is 0 Å². The molecule has 174 valence electrons. The molecule has 1 aliphatic rings. The van der Waals surface area contributed by atoms with Crippen molar-refractivity contribution in [3.8, 4) is 10.6 Å². The van der Waals surface area contributed by atoms with E-state index in [0.29, 0.717) is 41.3 Å². The van der Waals surface area contributed by atoms with Crippen molar-refractivity contribution in [2.24, 2.45) is 5.92 Å². The molecule has 4 aromatic rings. The van der Waals surface area contributed by atoms with Crippen molar-refractivity contribution < 1.29 is 18.8 Å². The second-order valence-corrected chi connectivity index (χ2v) is 9.52. The average Bonchev–Trinajstić information content (AvgIpc) is 3.53. The van der Waals surface area contributed by atoms with Gasteiger partial charge in [-0.25, -0.2) is 9.78 Å². The average molecular weight is 476 g/mol. The molecule has 1 aliphatic heterocycles. The van der Waals surface area contributed by atoms with Crippen molar-refractivity contribution in [1.82, 2.24) is 15.0 Å². The number of hydrogen-bond acceptors (Lipinski definition) is 7. The van der Waals surface area contributed by atoms with Gasteiger partial charge in [0.2, 0.25) is 0 Å². The summed E-state index contributed by atoms with van der Waals surface area (Å²) in [6, 6.07) is 15.9. The van der Waals surface area contributed by atoms with Crippen LogP contribution in [0.15, 0.2) is 58.4 Å². The minimum Gasteiger partial charge on any atom is -0.452 e. The predicted molar refractivity (Wildman–Crippen MR) is 130 cm³/mol. The molecule has 7 nitrogen and oxygen atoms in total. The third-order valence-electron chi connectivity index (χ3n) is 6.27. The minimum absolute atomic E-state index is 0.169. The molecule has 0 bridgehead atoms. The Morgan fingerprint density at radius 3 is 2.68 bits per heavy atom. The highest BCUT2D eigenvalue weighted by molar-refractivity contribution is 7.13. The zero-order valence-corrected chi connectivity index (χ0v) is 19.7. The largest absolute Gasteiger partial charge is 0.452 e. The first kappa shape index (κ1) is 22.3. The molecule has 1 fully saturated rings. The Morgan fingerprint density at radius 1 is 1.15 bits per heavy atom. The smallest absolute Gasteiger partial charge is 0.339 e. The van der Waals surface area contributed by atoms with Gasteiger partial charge in [0.05, 0.1) is 27.2 Å². The number of piperidine rings is 1. The molecule has 0 aliphatic carbocycles. The van der Waals surface area contributed by atoms with Gasteiger partial charge in [0.25, 0.3) is 11.6 Å². The summed E-state index contributed by atoms with van der Waals surface area (Å²) >= 11 is 1.51. The van der Waals surface area contributed by atoms with Gasteiger partial charge in [-0.3, -0.25) is 4.79 Å². The van der Waals surface area contributed by atoms with Crippen LogP contribution in [-0.4, -0.2) is 46.6 Å². The third-order valence-corrected chi connectivity index (χ3v) is 7.16. The summed E-state index contributed by atoms with van der Waals surface area (Å²) in [5.74, 6) is -0.188. The molecule has 0 radical (unpaired) electrons. The number of aryl methyl sites for hydroxylation is 1. The van der Waals surface area contributed by atoms with E-state index in [1.807, 2.05) is 23.6 Å². The Bertz CT molecular complexity index is 1290. The molecule has 0 atom stereocenters. The summed E-state index contributed by atoms with van der Waals surface area (Å²) in [5, 5.41) is 6.40. The van der Waals surface area contributed by atoms with Crippen LogP contribution in [0.3, 0.4) is 0 Å². The molecule has 1 aromatic carbocycles. The molecule has 1 amide bonds. The summed E-state index contributed by atoms with van der Waals surface area (Å²) < 4.78 is 10.8. The molecule has 4 heterocycles. The Balaban J connectivity index is 1.22. The molecule has 3 aromatic heterocycles. The van der Waals surface area contributed by atoms with Crippen molar-refractivity contribution in [3.63, 3.8) is 0 Å². The monoisotopic (exact) mass is 475 g/mol. The SMILES string of the molecule is Cc1noc2nc(-c3cccs3)cc(C(=O)OCC(=O)N3CCC(Cc4ccccc4)CC3)c12. The van der Waals surface area contributed by atoms with Crippen LogP contribution < -0.4 is 0 Å². The normalized spacial score (nSPS) is 14.4. The summed E-state index contributed by atoms with van der Waals surface area (Å²) in [6.07, 6.45) is 2.92. The van der Waals surface area contributed by atoms with Crippen molar-refractivity contribution >= 4 is 34.3 Å². The van der Waals surface area contributed by atoms with E-state index in [1.165, 1.54) is 16.9 Å². The van der Waals surface area contributed by atoms with E-state index in [-0.39, 0.29) is 18.2 Å². The fraction of sp³-hybridized carbons (Fsp3) is 0.308. The number of rotatable bonds is 6. The number of ether oxygens (including phenoxy) is 1. The molecular weight excluding hydrogens is 450 g/mol. The van der Waals surface area contributed by atoms with E-state index in [0.717, 1.165) is 24.1 Å². The number of benzene rings is 1. The molecule has 0 N–H and O–H groups in total. The maximum Gasteiger partial charge on any atom is 0.339 e. The Kier molecular flexibility index (Phi) is 6.40. The van der Waals surface area contributed by atoms with Crippen LogP contribution in [0, 0.1) is 12.8 Å². The van der Waals surface area contributed by atoms with Crippen LogP contribution in [0.4, 0.5) is 0 Å². The van der Waals surface area contributed by atoms with Crippen LogP contribution in [0.25, 0.3) is 21.7 Å². The van der Waals surface area contributed by atoms with Crippen molar-refractivity contribution in [2.45, 2.75) is 26.2 Å². The topological polar surface area (TPSA) is 85.5 Å². The Hall–Kier alpha value is -3.52. The van der Waals surface area contributed by atoms with Gasteiger partial charge in [-0.15, -0.1) is 11.3 Å². The molecule has 34 heavy (non-hydrogen) atoms. The van der Waals surface area contributed by atoms with Gasteiger partial charge in [0.1, 0.15) is 0 Å². The molecular formula is C26H25N3O4S. The summed E-state index contributed by atoms with van der Waals surface area (Å²) in [4.78, 5) is 32.9. The molecule has 8 heteroatoms. The number of carbonyl (C=O) groups excluding carboxylic acids is 2. The van der Waals surface area contributed by atoms with E-state index < -0.39 is 5.97 Å². The first-order chi connectivity index (χ1) is 16.6. The van der Waals surface area contributed by atoms with Crippen molar-refractivity contribution in [3.05, 3.63) is 70.7 Å². The highest BCUT2D eigenvalue weighted by atomic mass is 32.1. The number of carbonyl (C=O) groups is 2. The third kappa shape index (κ3) is 4.72. The second kappa shape index (κ2) is 9.77. The number of thiophene rings is 1.